The number of nitrogens with one attached hydrogen (secondary N) is 1. The molecule has 1 aromatic rings. The quantitative estimate of drug-likeness (QED) is 0.835. The van der Waals surface area contributed by atoms with E-state index in [1.165, 1.54) is 11.3 Å². The minimum Gasteiger partial charge on any atom is -0.390 e. The molecule has 0 saturated carbocycles. The summed E-state index contributed by atoms with van der Waals surface area (Å²) >= 11 is 1.49. The van der Waals surface area contributed by atoms with Gasteiger partial charge < -0.3 is 11.1 Å². The first-order chi connectivity index (χ1) is 7.21. The highest BCUT2D eigenvalue weighted by molar-refractivity contribution is 7.16. The summed E-state index contributed by atoms with van der Waals surface area (Å²) in [5, 5.41) is 3.45. The van der Waals surface area contributed by atoms with Crippen LogP contribution in [0, 0.1) is 0 Å². The molecule has 1 rings (SSSR count). The Morgan fingerprint density at radius 1 is 1.44 bits per heavy atom. The topological polar surface area (TPSA) is 55.1 Å². The number of carbonyl (C=O) groups is 1. The van der Waals surface area contributed by atoms with Gasteiger partial charge in [-0.1, -0.05) is 20.8 Å². The predicted molar refractivity (Wildman–Crippen MR) is 70.0 cm³/mol. The van der Waals surface area contributed by atoms with Gasteiger partial charge in [0.05, 0.1) is 10.6 Å². The van der Waals surface area contributed by atoms with E-state index in [4.69, 9.17) is 5.73 Å². The molecule has 0 bridgehead atoms. The molecule has 4 heteroatoms. The Morgan fingerprint density at radius 2 is 2.00 bits per heavy atom. The summed E-state index contributed by atoms with van der Waals surface area (Å²) in [4.78, 5) is 13.0. The number of carbonyl (C=O) groups excluding carboxylic acids is 1. The molecule has 3 N–H and O–H groups in total. The van der Waals surface area contributed by atoms with E-state index in [0.29, 0.717) is 10.6 Å². The fraction of sp³-hybridized carbons (Fsp3) is 0.583. The Hall–Kier alpha value is -1.03. The summed E-state index contributed by atoms with van der Waals surface area (Å²) in [6, 6.07) is 2.03. The molecule has 16 heavy (non-hydrogen) atoms. The second-order valence-corrected chi connectivity index (χ2v) is 6.35. The van der Waals surface area contributed by atoms with Gasteiger partial charge in [-0.25, -0.2) is 0 Å². The monoisotopic (exact) mass is 240 g/mol. The van der Waals surface area contributed by atoms with Crippen molar-refractivity contribution in [2.45, 2.75) is 46.1 Å². The summed E-state index contributed by atoms with van der Waals surface area (Å²) in [7, 11) is 0. The molecule has 0 radical (unpaired) electrons. The van der Waals surface area contributed by atoms with Crippen LogP contribution in [0.1, 0.15) is 49.9 Å². The van der Waals surface area contributed by atoms with Gasteiger partial charge in [0.2, 0.25) is 0 Å². The Morgan fingerprint density at radius 3 is 2.38 bits per heavy atom. The van der Waals surface area contributed by atoms with E-state index in [1.54, 1.807) is 0 Å². The molecule has 0 saturated heterocycles. The van der Waals surface area contributed by atoms with Crippen LogP contribution in [-0.2, 0) is 5.41 Å². The fourth-order valence-corrected chi connectivity index (χ4v) is 2.27. The molecular weight excluding hydrogens is 220 g/mol. The van der Waals surface area contributed by atoms with E-state index < -0.39 is 0 Å². The predicted octanol–water partition coefficient (Wildman–Crippen LogP) is 2.77. The van der Waals surface area contributed by atoms with Crippen molar-refractivity contribution < 1.29 is 4.79 Å². The Bertz CT molecular complexity index is 388. The van der Waals surface area contributed by atoms with E-state index in [2.05, 4.69) is 26.1 Å². The first-order valence-electron chi connectivity index (χ1n) is 5.42. The average molecular weight is 240 g/mol. The fourth-order valence-electron chi connectivity index (χ4n) is 1.29. The molecule has 1 amide bonds. The summed E-state index contributed by atoms with van der Waals surface area (Å²) in [6.45, 7) is 10.2. The lowest BCUT2D eigenvalue weighted by atomic mass is 9.94. The zero-order valence-electron chi connectivity index (χ0n) is 10.5. The van der Waals surface area contributed by atoms with Crippen LogP contribution in [0.5, 0.6) is 0 Å². The van der Waals surface area contributed by atoms with Gasteiger partial charge in [-0.3, -0.25) is 4.79 Å². The van der Waals surface area contributed by atoms with E-state index in [9.17, 15) is 4.79 Å². The lowest BCUT2D eigenvalue weighted by Gasteiger charge is -2.15. The van der Waals surface area contributed by atoms with Crippen LogP contribution in [-0.4, -0.2) is 11.9 Å². The largest absolute Gasteiger partial charge is 0.390 e. The highest BCUT2D eigenvalue weighted by Gasteiger charge is 2.21. The zero-order valence-corrected chi connectivity index (χ0v) is 11.4. The minimum atomic E-state index is -0.0840. The number of rotatable bonds is 2. The van der Waals surface area contributed by atoms with Gasteiger partial charge in [-0.05, 0) is 25.3 Å². The first-order valence-corrected chi connectivity index (χ1v) is 6.24. The van der Waals surface area contributed by atoms with Crippen LogP contribution in [0.2, 0.25) is 0 Å². The van der Waals surface area contributed by atoms with Crippen LogP contribution in [0.3, 0.4) is 0 Å². The van der Waals surface area contributed by atoms with Crippen molar-refractivity contribution in [3.05, 3.63) is 16.5 Å². The van der Waals surface area contributed by atoms with Gasteiger partial charge in [0.1, 0.15) is 0 Å². The molecule has 0 aliphatic heterocycles. The number of hydrogen-bond acceptors (Lipinski definition) is 3. The molecule has 0 spiro atoms. The summed E-state index contributed by atoms with van der Waals surface area (Å²) < 4.78 is 0. The van der Waals surface area contributed by atoms with Crippen LogP contribution in [0.4, 0.5) is 5.00 Å². The molecule has 3 nitrogen and oxygen atoms in total. The molecular formula is C12H20N2OS. The Balaban J connectivity index is 2.99. The number of nitrogen functional groups attached to an aromatic ring is 1. The van der Waals surface area contributed by atoms with E-state index in [0.717, 1.165) is 4.88 Å². The SMILES string of the molecule is CC(C)NC(=O)c1cc(C(C)(C)C)sc1N. The Labute approximate surface area is 101 Å². The molecule has 0 aliphatic carbocycles. The second-order valence-electron chi connectivity index (χ2n) is 5.27. The minimum absolute atomic E-state index is 0.0369. The van der Waals surface area contributed by atoms with Crippen molar-refractivity contribution in [2.24, 2.45) is 0 Å². The van der Waals surface area contributed by atoms with Gasteiger partial charge in [0.25, 0.3) is 5.91 Å². The lowest BCUT2D eigenvalue weighted by molar-refractivity contribution is 0.0944. The summed E-state index contributed by atoms with van der Waals surface area (Å²) in [6.07, 6.45) is 0. The molecule has 1 heterocycles. The maximum atomic E-state index is 11.8. The van der Waals surface area contributed by atoms with Crippen molar-refractivity contribution in [2.75, 3.05) is 5.73 Å². The van der Waals surface area contributed by atoms with Crippen LogP contribution in [0.25, 0.3) is 0 Å². The third-order valence-electron chi connectivity index (χ3n) is 2.16. The normalized spacial score (nSPS) is 11.9. The third kappa shape index (κ3) is 2.98. The number of anilines is 1. The van der Waals surface area contributed by atoms with Crippen molar-refractivity contribution in [1.82, 2.24) is 5.32 Å². The Kier molecular flexibility index (Phi) is 3.63. The molecule has 0 atom stereocenters. The zero-order chi connectivity index (χ0) is 12.5. The first kappa shape index (κ1) is 13.0. The van der Waals surface area contributed by atoms with Gasteiger partial charge in [0.15, 0.2) is 0 Å². The van der Waals surface area contributed by atoms with E-state index >= 15 is 0 Å². The molecule has 1 aromatic heterocycles. The number of thiophene rings is 1. The maximum Gasteiger partial charge on any atom is 0.254 e. The van der Waals surface area contributed by atoms with Gasteiger partial charge in [-0.15, -0.1) is 11.3 Å². The molecule has 0 aromatic carbocycles. The van der Waals surface area contributed by atoms with Gasteiger partial charge in [-0.2, -0.15) is 0 Å². The van der Waals surface area contributed by atoms with Gasteiger partial charge in [0, 0.05) is 10.9 Å². The average Bonchev–Trinajstić information content (AvgIpc) is 2.44. The summed E-state index contributed by atoms with van der Waals surface area (Å²) in [5.41, 5.74) is 6.51. The summed E-state index contributed by atoms with van der Waals surface area (Å²) in [5.74, 6) is -0.0840. The van der Waals surface area contributed by atoms with Crippen LogP contribution < -0.4 is 11.1 Å². The molecule has 90 valence electrons. The van der Waals surface area contributed by atoms with Crippen molar-refractivity contribution >= 4 is 22.2 Å². The van der Waals surface area contributed by atoms with Crippen molar-refractivity contribution in [1.29, 1.82) is 0 Å². The maximum absolute atomic E-state index is 11.8. The third-order valence-corrected chi connectivity index (χ3v) is 3.55. The number of amides is 1. The van der Waals surface area contributed by atoms with E-state index in [1.807, 2.05) is 19.9 Å². The van der Waals surface area contributed by atoms with Crippen LogP contribution in [0.15, 0.2) is 6.07 Å². The van der Waals surface area contributed by atoms with Gasteiger partial charge >= 0.3 is 0 Å². The lowest BCUT2D eigenvalue weighted by Crippen LogP contribution is -2.30. The molecule has 0 aliphatic rings. The number of nitrogens with two attached hydrogens (primary N) is 1. The highest BCUT2D eigenvalue weighted by atomic mass is 32.1. The molecule has 0 fully saturated rings. The second kappa shape index (κ2) is 4.45. The van der Waals surface area contributed by atoms with E-state index in [-0.39, 0.29) is 17.4 Å². The van der Waals surface area contributed by atoms with Crippen molar-refractivity contribution in [3.8, 4) is 0 Å². The van der Waals surface area contributed by atoms with Crippen molar-refractivity contribution in [3.63, 3.8) is 0 Å². The number of hydrogen-bond donors (Lipinski definition) is 2. The van der Waals surface area contributed by atoms with Crippen LogP contribution >= 0.6 is 11.3 Å². The highest BCUT2D eigenvalue weighted by Crippen LogP contribution is 2.34. The standard InChI is InChI=1S/C12H20N2OS/c1-7(2)14-11(15)8-6-9(12(3,4)5)16-10(8)13/h6-7H,13H2,1-5H3,(H,14,15). The smallest absolute Gasteiger partial charge is 0.254 e. The molecule has 0 unspecified atom stereocenters.